The monoisotopic (exact) mass is 419 g/mol. The van der Waals surface area contributed by atoms with Crippen LogP contribution in [0.5, 0.6) is 5.75 Å². The largest absolute Gasteiger partial charge is 0.508 e. The summed E-state index contributed by atoms with van der Waals surface area (Å²) in [6.07, 6.45) is 10.5. The molecule has 4 aliphatic carbocycles. The molecule has 0 spiro atoms. The molecule has 2 bridgehead atoms. The Bertz CT molecular complexity index is 1080. The van der Waals surface area contributed by atoms with Crippen LogP contribution in [0, 0.1) is 12.8 Å². The van der Waals surface area contributed by atoms with Crippen molar-refractivity contribution in [1.82, 2.24) is 15.1 Å². The predicted octanol–water partition coefficient (Wildman–Crippen LogP) is 3.26. The predicted molar refractivity (Wildman–Crippen MR) is 119 cm³/mol. The molecular formula is C26H33N3O2. The number of nitrogens with one attached hydrogen (secondary N) is 1. The van der Waals surface area contributed by atoms with Crippen LogP contribution in [0.3, 0.4) is 0 Å². The third kappa shape index (κ3) is 2.37. The van der Waals surface area contributed by atoms with Crippen LogP contribution in [0.15, 0.2) is 12.1 Å². The van der Waals surface area contributed by atoms with Crippen molar-refractivity contribution in [2.75, 3.05) is 6.54 Å². The number of nitrogens with zero attached hydrogens (tertiary/aromatic N) is 2. The number of piperidine rings is 1. The highest BCUT2D eigenvalue weighted by Gasteiger charge is 2.64. The van der Waals surface area contributed by atoms with Crippen LogP contribution in [-0.2, 0) is 31.1 Å². The molecule has 1 saturated heterocycles. The van der Waals surface area contributed by atoms with Crippen LogP contribution in [0.4, 0.5) is 0 Å². The third-order valence-electron chi connectivity index (χ3n) is 9.51. The van der Waals surface area contributed by atoms with Gasteiger partial charge in [-0.05, 0) is 99.1 Å². The Morgan fingerprint density at radius 1 is 1.19 bits per heavy atom. The van der Waals surface area contributed by atoms with Crippen molar-refractivity contribution in [3.05, 3.63) is 45.8 Å². The molecule has 0 unspecified atom stereocenters. The lowest BCUT2D eigenvalue weighted by molar-refractivity contribution is -0.106. The average molecular weight is 420 g/mol. The number of benzene rings is 1. The Labute approximate surface area is 183 Å². The van der Waals surface area contributed by atoms with Gasteiger partial charge in [0.05, 0.1) is 17.3 Å². The Hall–Kier alpha value is -1.85. The Morgan fingerprint density at radius 3 is 2.77 bits per heavy atom. The van der Waals surface area contributed by atoms with E-state index in [9.17, 15) is 10.2 Å². The summed E-state index contributed by atoms with van der Waals surface area (Å²) in [5.74, 6) is 1.13. The van der Waals surface area contributed by atoms with E-state index in [1.165, 1.54) is 60.2 Å². The molecule has 5 aliphatic rings. The first-order valence-corrected chi connectivity index (χ1v) is 12.4. The zero-order valence-electron chi connectivity index (χ0n) is 18.5. The van der Waals surface area contributed by atoms with E-state index in [0.717, 1.165) is 37.8 Å². The molecule has 3 atom stereocenters. The molecule has 5 heteroatoms. The van der Waals surface area contributed by atoms with Crippen molar-refractivity contribution in [1.29, 1.82) is 0 Å². The van der Waals surface area contributed by atoms with Crippen LogP contribution >= 0.6 is 0 Å². The highest BCUT2D eigenvalue weighted by atomic mass is 16.3. The second kappa shape index (κ2) is 6.14. The van der Waals surface area contributed by atoms with Crippen molar-refractivity contribution >= 4 is 0 Å². The summed E-state index contributed by atoms with van der Waals surface area (Å²) in [5, 5.41) is 32.3. The first-order chi connectivity index (χ1) is 15.0. The summed E-state index contributed by atoms with van der Waals surface area (Å²) in [6.45, 7) is 3.12. The molecule has 1 aliphatic heterocycles. The second-order valence-corrected chi connectivity index (χ2v) is 11.1. The van der Waals surface area contributed by atoms with E-state index in [-0.39, 0.29) is 11.5 Å². The van der Waals surface area contributed by atoms with Crippen LogP contribution < -0.4 is 5.32 Å². The fraction of sp³-hybridized carbons (Fsp3) is 0.654. The summed E-state index contributed by atoms with van der Waals surface area (Å²) in [7, 11) is 0. The third-order valence-corrected chi connectivity index (χ3v) is 9.51. The van der Waals surface area contributed by atoms with Gasteiger partial charge in [-0.1, -0.05) is 6.07 Å². The van der Waals surface area contributed by atoms with Gasteiger partial charge >= 0.3 is 0 Å². The first kappa shape index (κ1) is 18.7. The zero-order chi connectivity index (χ0) is 21.0. The van der Waals surface area contributed by atoms with E-state index < -0.39 is 5.60 Å². The summed E-state index contributed by atoms with van der Waals surface area (Å²) in [4.78, 5) is 0. The van der Waals surface area contributed by atoms with Gasteiger partial charge in [0.15, 0.2) is 0 Å². The maximum Gasteiger partial charge on any atom is 0.119 e. The number of hydrogen-bond donors (Lipinski definition) is 3. The molecule has 1 aromatic heterocycles. The maximum absolute atomic E-state index is 12.5. The molecule has 31 heavy (non-hydrogen) atoms. The van der Waals surface area contributed by atoms with Gasteiger partial charge in [-0.2, -0.15) is 5.10 Å². The summed E-state index contributed by atoms with van der Waals surface area (Å²) in [6, 6.07) is 4.62. The first-order valence-electron chi connectivity index (χ1n) is 12.4. The number of fused-ring (bicyclic) bond motifs is 2. The quantitative estimate of drug-likeness (QED) is 0.714. The molecule has 0 amide bonds. The number of aromatic hydroxyl groups is 1. The SMILES string of the molecule is Cc1c2c(nn1C1CCC1)C[C@]13CCN[C@H](Cc4ccc(O)c(CC5CC5)c41)[C@]3(O)C2. The molecule has 7 rings (SSSR count). The fourth-order valence-electron chi connectivity index (χ4n) is 7.40. The second-order valence-electron chi connectivity index (χ2n) is 11.1. The Kier molecular flexibility index (Phi) is 3.70. The number of rotatable bonds is 3. The number of phenolic OH excluding ortho intramolecular Hbond substituents is 1. The van der Waals surface area contributed by atoms with Crippen molar-refractivity contribution in [2.24, 2.45) is 5.92 Å². The Balaban J connectivity index is 1.43. The van der Waals surface area contributed by atoms with Gasteiger partial charge in [-0.25, -0.2) is 0 Å². The Morgan fingerprint density at radius 2 is 2.03 bits per heavy atom. The molecule has 1 aromatic carbocycles. The summed E-state index contributed by atoms with van der Waals surface area (Å²) >= 11 is 0. The van der Waals surface area contributed by atoms with Crippen LogP contribution in [0.1, 0.15) is 78.2 Å². The molecule has 2 heterocycles. The van der Waals surface area contributed by atoms with E-state index in [0.29, 0.717) is 24.1 Å². The molecule has 3 N–H and O–H groups in total. The normalized spacial score (nSPS) is 33.9. The maximum atomic E-state index is 12.5. The lowest BCUT2D eigenvalue weighted by Gasteiger charge is -2.61. The summed E-state index contributed by atoms with van der Waals surface area (Å²) < 4.78 is 2.28. The average Bonchev–Trinajstić information content (AvgIpc) is 3.46. The van der Waals surface area contributed by atoms with E-state index in [2.05, 4.69) is 23.0 Å². The van der Waals surface area contributed by atoms with Crippen molar-refractivity contribution < 1.29 is 10.2 Å². The van der Waals surface area contributed by atoms with Gasteiger partial charge < -0.3 is 15.5 Å². The molecule has 2 saturated carbocycles. The number of aromatic nitrogens is 2. The topological polar surface area (TPSA) is 70.3 Å². The van der Waals surface area contributed by atoms with Gasteiger partial charge in [0.25, 0.3) is 0 Å². The number of hydrogen-bond acceptors (Lipinski definition) is 4. The highest BCUT2D eigenvalue weighted by Crippen LogP contribution is 2.57. The van der Waals surface area contributed by atoms with Crippen molar-refractivity contribution in [3.63, 3.8) is 0 Å². The summed E-state index contributed by atoms with van der Waals surface area (Å²) in [5.41, 5.74) is 6.30. The number of aliphatic hydroxyl groups is 1. The fourth-order valence-corrected chi connectivity index (χ4v) is 7.40. The minimum Gasteiger partial charge on any atom is -0.508 e. The lowest BCUT2D eigenvalue weighted by Crippen LogP contribution is -2.73. The smallest absolute Gasteiger partial charge is 0.119 e. The van der Waals surface area contributed by atoms with Gasteiger partial charge in [-0.15, -0.1) is 0 Å². The molecule has 5 nitrogen and oxygen atoms in total. The van der Waals surface area contributed by atoms with Gasteiger partial charge in [0.2, 0.25) is 0 Å². The van der Waals surface area contributed by atoms with E-state index in [1.54, 1.807) is 0 Å². The van der Waals surface area contributed by atoms with Gasteiger partial charge in [-0.3, -0.25) is 4.68 Å². The van der Waals surface area contributed by atoms with E-state index >= 15 is 0 Å². The molecule has 0 radical (unpaired) electrons. The van der Waals surface area contributed by atoms with Crippen LogP contribution in [0.2, 0.25) is 0 Å². The van der Waals surface area contributed by atoms with Crippen LogP contribution in [0.25, 0.3) is 0 Å². The van der Waals surface area contributed by atoms with Crippen molar-refractivity contribution in [2.45, 2.75) is 94.2 Å². The van der Waals surface area contributed by atoms with Gasteiger partial charge in [0, 0.05) is 30.0 Å². The standard InChI is InChI=1S/C26H33N3O2/c1-15-20-13-26(31)23-12-17-7-8-22(30)19(11-16-5-6-16)24(17)25(26,9-10-27-23)14-21(20)28-29(15)18-3-2-4-18/h7-8,16,18,23,27,30-31H,2-6,9-14H2,1H3/t23-,25-,26-/m1/s1. The number of phenols is 1. The molecular weight excluding hydrogens is 386 g/mol. The van der Waals surface area contributed by atoms with Crippen molar-refractivity contribution in [3.8, 4) is 5.75 Å². The lowest BCUT2D eigenvalue weighted by atomic mass is 9.49. The minimum atomic E-state index is -0.824. The minimum absolute atomic E-state index is 0.0617. The molecule has 164 valence electrons. The highest BCUT2D eigenvalue weighted by molar-refractivity contribution is 5.57. The zero-order valence-corrected chi connectivity index (χ0v) is 18.5. The van der Waals surface area contributed by atoms with Gasteiger partial charge in [0.1, 0.15) is 5.75 Å². The van der Waals surface area contributed by atoms with Crippen LogP contribution in [-0.4, -0.2) is 38.2 Å². The molecule has 2 aromatic rings. The molecule has 3 fully saturated rings. The van der Waals surface area contributed by atoms with E-state index in [4.69, 9.17) is 5.10 Å². The van der Waals surface area contributed by atoms with E-state index in [1.807, 2.05) is 6.07 Å².